The number of aromatic nitrogens is 3. The average Bonchev–Trinajstić information content (AvgIpc) is 2.60. The minimum atomic E-state index is 0.767. The lowest BCUT2D eigenvalue weighted by Crippen LogP contribution is -2.01. The summed E-state index contributed by atoms with van der Waals surface area (Å²) in [5.41, 5.74) is 3.38. The van der Waals surface area contributed by atoms with Gasteiger partial charge in [-0.25, -0.2) is 4.98 Å². The highest BCUT2D eigenvalue weighted by Crippen LogP contribution is 2.13. The molecular formula is C11H13BrN4. The molecule has 0 atom stereocenters. The van der Waals surface area contributed by atoms with E-state index in [0.29, 0.717) is 0 Å². The fourth-order valence-corrected chi connectivity index (χ4v) is 1.63. The molecule has 0 amide bonds. The molecule has 4 nitrogen and oxygen atoms in total. The smallest absolute Gasteiger partial charge is 0.106 e. The molecule has 0 radical (unpaired) electrons. The van der Waals surface area contributed by atoms with Crippen LogP contribution in [0.5, 0.6) is 0 Å². The highest BCUT2D eigenvalue weighted by molar-refractivity contribution is 9.10. The van der Waals surface area contributed by atoms with Gasteiger partial charge in [0.25, 0.3) is 0 Å². The Bertz CT molecular complexity index is 475. The van der Waals surface area contributed by atoms with Gasteiger partial charge in [0.1, 0.15) is 4.60 Å². The van der Waals surface area contributed by atoms with E-state index in [0.717, 1.165) is 16.8 Å². The zero-order valence-corrected chi connectivity index (χ0v) is 10.8. The molecule has 2 rings (SSSR count). The second-order valence-electron chi connectivity index (χ2n) is 3.60. The van der Waals surface area contributed by atoms with Gasteiger partial charge < -0.3 is 5.32 Å². The standard InChI is InChI=1S/C11H13BrN4/c1-8-9(6-15-16(8)2)5-13-10-3-4-11(12)14-7-10/h3-4,6-7,13H,5H2,1-2H3. The molecular weight excluding hydrogens is 268 g/mol. The van der Waals surface area contributed by atoms with Crippen LogP contribution >= 0.6 is 15.9 Å². The zero-order valence-electron chi connectivity index (χ0n) is 9.24. The lowest BCUT2D eigenvalue weighted by atomic mass is 10.2. The normalized spacial score (nSPS) is 10.4. The molecule has 2 aromatic rings. The number of anilines is 1. The third kappa shape index (κ3) is 2.41. The molecule has 2 aromatic heterocycles. The Morgan fingerprint density at radius 3 is 2.75 bits per heavy atom. The van der Waals surface area contributed by atoms with E-state index < -0.39 is 0 Å². The fourth-order valence-electron chi connectivity index (χ4n) is 1.40. The van der Waals surface area contributed by atoms with E-state index in [-0.39, 0.29) is 0 Å². The number of halogens is 1. The first-order valence-electron chi connectivity index (χ1n) is 4.99. The van der Waals surface area contributed by atoms with Gasteiger partial charge in [-0.15, -0.1) is 0 Å². The largest absolute Gasteiger partial charge is 0.380 e. The summed E-state index contributed by atoms with van der Waals surface area (Å²) in [5.74, 6) is 0. The lowest BCUT2D eigenvalue weighted by molar-refractivity contribution is 0.738. The van der Waals surface area contributed by atoms with Gasteiger partial charge in [-0.1, -0.05) is 0 Å². The second-order valence-corrected chi connectivity index (χ2v) is 4.41. The number of hydrogen-bond donors (Lipinski definition) is 1. The van der Waals surface area contributed by atoms with Gasteiger partial charge in [-0.05, 0) is 35.0 Å². The molecule has 0 aliphatic heterocycles. The molecule has 2 heterocycles. The van der Waals surface area contributed by atoms with Crippen LogP contribution in [0, 0.1) is 6.92 Å². The van der Waals surface area contributed by atoms with Crippen molar-refractivity contribution in [3.63, 3.8) is 0 Å². The molecule has 0 fully saturated rings. The Kier molecular flexibility index (Phi) is 3.24. The van der Waals surface area contributed by atoms with E-state index in [1.165, 1.54) is 11.3 Å². The number of nitrogens with one attached hydrogen (secondary N) is 1. The van der Waals surface area contributed by atoms with Crippen LogP contribution < -0.4 is 5.32 Å². The van der Waals surface area contributed by atoms with Crippen molar-refractivity contribution in [2.75, 3.05) is 5.32 Å². The summed E-state index contributed by atoms with van der Waals surface area (Å²) in [7, 11) is 1.94. The van der Waals surface area contributed by atoms with Crippen molar-refractivity contribution in [2.45, 2.75) is 13.5 Å². The summed E-state index contributed by atoms with van der Waals surface area (Å²) in [4.78, 5) is 4.15. The van der Waals surface area contributed by atoms with Crippen molar-refractivity contribution in [1.29, 1.82) is 0 Å². The van der Waals surface area contributed by atoms with Gasteiger partial charge in [0.15, 0.2) is 0 Å². The third-order valence-corrected chi connectivity index (χ3v) is 3.02. The zero-order chi connectivity index (χ0) is 11.5. The van der Waals surface area contributed by atoms with Gasteiger partial charge in [0.2, 0.25) is 0 Å². The minimum absolute atomic E-state index is 0.767. The third-order valence-electron chi connectivity index (χ3n) is 2.55. The van der Waals surface area contributed by atoms with E-state index in [2.05, 4.69) is 38.3 Å². The van der Waals surface area contributed by atoms with Crippen molar-refractivity contribution in [3.8, 4) is 0 Å². The first-order chi connectivity index (χ1) is 7.66. The number of aryl methyl sites for hydroxylation is 1. The van der Waals surface area contributed by atoms with Gasteiger partial charge in [-0.3, -0.25) is 4.68 Å². The quantitative estimate of drug-likeness (QED) is 0.879. The van der Waals surface area contributed by atoms with Gasteiger partial charge in [-0.2, -0.15) is 5.10 Å². The molecule has 0 aromatic carbocycles. The van der Waals surface area contributed by atoms with Crippen LogP contribution in [0.25, 0.3) is 0 Å². The Balaban J connectivity index is 2.02. The van der Waals surface area contributed by atoms with Crippen molar-refractivity contribution in [3.05, 3.63) is 40.4 Å². The maximum atomic E-state index is 4.20. The van der Waals surface area contributed by atoms with Crippen molar-refractivity contribution in [1.82, 2.24) is 14.8 Å². The van der Waals surface area contributed by atoms with E-state index in [1.807, 2.05) is 30.1 Å². The summed E-state index contributed by atoms with van der Waals surface area (Å²) >= 11 is 3.30. The Morgan fingerprint density at radius 2 is 2.19 bits per heavy atom. The number of pyridine rings is 1. The molecule has 0 unspecified atom stereocenters. The maximum Gasteiger partial charge on any atom is 0.106 e. The van der Waals surface area contributed by atoms with Crippen LogP contribution in [0.2, 0.25) is 0 Å². The number of hydrogen-bond acceptors (Lipinski definition) is 3. The lowest BCUT2D eigenvalue weighted by Gasteiger charge is -2.05. The Labute approximate surface area is 103 Å². The van der Waals surface area contributed by atoms with Gasteiger partial charge >= 0.3 is 0 Å². The van der Waals surface area contributed by atoms with E-state index >= 15 is 0 Å². The second kappa shape index (κ2) is 4.65. The predicted octanol–water partition coefficient (Wildman–Crippen LogP) is 2.50. The first kappa shape index (κ1) is 11.1. The molecule has 0 saturated carbocycles. The van der Waals surface area contributed by atoms with E-state index in [1.54, 1.807) is 6.20 Å². The van der Waals surface area contributed by atoms with Crippen LogP contribution in [0.4, 0.5) is 5.69 Å². The molecule has 0 spiro atoms. The highest BCUT2D eigenvalue weighted by Gasteiger charge is 2.02. The number of rotatable bonds is 3. The van der Waals surface area contributed by atoms with Crippen LogP contribution in [-0.4, -0.2) is 14.8 Å². The summed E-state index contributed by atoms with van der Waals surface area (Å²) < 4.78 is 2.72. The molecule has 84 valence electrons. The molecule has 0 aliphatic carbocycles. The highest BCUT2D eigenvalue weighted by atomic mass is 79.9. The van der Waals surface area contributed by atoms with Gasteiger partial charge in [0, 0.05) is 24.8 Å². The van der Waals surface area contributed by atoms with Crippen molar-refractivity contribution >= 4 is 21.6 Å². The molecule has 0 aliphatic rings. The minimum Gasteiger partial charge on any atom is -0.380 e. The van der Waals surface area contributed by atoms with Crippen molar-refractivity contribution < 1.29 is 0 Å². The first-order valence-corrected chi connectivity index (χ1v) is 5.79. The van der Waals surface area contributed by atoms with Crippen LogP contribution in [0.3, 0.4) is 0 Å². The molecule has 5 heteroatoms. The summed E-state index contributed by atoms with van der Waals surface area (Å²) in [6.45, 7) is 2.83. The predicted molar refractivity (Wildman–Crippen MR) is 67.2 cm³/mol. The van der Waals surface area contributed by atoms with Crippen molar-refractivity contribution in [2.24, 2.45) is 7.05 Å². The monoisotopic (exact) mass is 280 g/mol. The molecule has 1 N–H and O–H groups in total. The number of nitrogens with zero attached hydrogens (tertiary/aromatic N) is 3. The Hall–Kier alpha value is -1.36. The van der Waals surface area contributed by atoms with Gasteiger partial charge in [0.05, 0.1) is 18.1 Å². The summed E-state index contributed by atoms with van der Waals surface area (Å²) in [6.07, 6.45) is 3.68. The molecule has 16 heavy (non-hydrogen) atoms. The van der Waals surface area contributed by atoms with Crippen LogP contribution in [0.15, 0.2) is 29.1 Å². The summed E-state index contributed by atoms with van der Waals surface area (Å²) in [6, 6.07) is 3.90. The maximum absolute atomic E-state index is 4.20. The summed E-state index contributed by atoms with van der Waals surface area (Å²) in [5, 5.41) is 7.50. The topological polar surface area (TPSA) is 42.7 Å². The molecule has 0 saturated heterocycles. The SMILES string of the molecule is Cc1c(CNc2ccc(Br)nc2)cnn1C. The van der Waals surface area contributed by atoms with Crippen LogP contribution in [0.1, 0.15) is 11.3 Å². The van der Waals surface area contributed by atoms with Crippen LogP contribution in [-0.2, 0) is 13.6 Å². The molecule has 0 bridgehead atoms. The van der Waals surface area contributed by atoms with E-state index in [9.17, 15) is 0 Å². The van der Waals surface area contributed by atoms with E-state index in [4.69, 9.17) is 0 Å². The Morgan fingerprint density at radius 1 is 1.38 bits per heavy atom. The average molecular weight is 281 g/mol. The fraction of sp³-hybridized carbons (Fsp3) is 0.273.